The number of rotatable bonds is 6. The molecule has 1 N–H and O–H groups in total. The fraction of sp³-hybridized carbons (Fsp3) is 0.0476. The maximum Gasteiger partial charge on any atom is 0.256 e. The lowest BCUT2D eigenvalue weighted by Gasteiger charge is -2.20. The largest absolute Gasteiger partial charge is 0.326 e. The number of halogens is 3. The van der Waals surface area contributed by atoms with E-state index in [9.17, 15) is 18.4 Å². The van der Waals surface area contributed by atoms with Gasteiger partial charge in [-0.25, -0.2) is 14.4 Å². The maximum atomic E-state index is 13.5. The zero-order valence-electron chi connectivity index (χ0n) is 15.5. The van der Waals surface area contributed by atoms with Crippen LogP contribution in [0.25, 0.3) is 0 Å². The van der Waals surface area contributed by atoms with Crippen molar-refractivity contribution >= 4 is 40.6 Å². The molecule has 30 heavy (non-hydrogen) atoms. The van der Waals surface area contributed by atoms with Crippen molar-refractivity contribution in [3.63, 3.8) is 0 Å². The van der Waals surface area contributed by atoms with Crippen LogP contribution in [0.3, 0.4) is 0 Å². The van der Waals surface area contributed by atoms with Gasteiger partial charge in [0.1, 0.15) is 11.6 Å². The molecule has 6 nitrogen and oxygen atoms in total. The van der Waals surface area contributed by atoms with Crippen molar-refractivity contribution in [1.82, 2.24) is 9.97 Å². The van der Waals surface area contributed by atoms with Gasteiger partial charge in [0.2, 0.25) is 11.9 Å². The minimum Gasteiger partial charge on any atom is -0.326 e. The highest BCUT2D eigenvalue weighted by atomic mass is 35.5. The van der Waals surface area contributed by atoms with E-state index >= 15 is 0 Å². The van der Waals surface area contributed by atoms with Gasteiger partial charge in [-0.05, 0) is 29.8 Å². The number of hydrogen-bond acceptors (Lipinski definition) is 4. The summed E-state index contributed by atoms with van der Waals surface area (Å²) in [5.74, 6) is -2.26. The molecule has 0 fully saturated rings. The molecule has 0 saturated carbocycles. The number of hydrogen-bond donors (Lipinski definition) is 1. The van der Waals surface area contributed by atoms with Gasteiger partial charge in [-0.15, -0.1) is 0 Å². The molecule has 3 aromatic rings. The average molecular weight is 429 g/mol. The van der Waals surface area contributed by atoms with Gasteiger partial charge in [0.05, 0.1) is 17.1 Å². The first-order chi connectivity index (χ1) is 14.4. The van der Waals surface area contributed by atoms with E-state index in [2.05, 4.69) is 21.9 Å². The summed E-state index contributed by atoms with van der Waals surface area (Å²) in [6, 6.07) is 9.66. The van der Waals surface area contributed by atoms with Gasteiger partial charge >= 0.3 is 0 Å². The predicted molar refractivity (Wildman–Crippen MR) is 110 cm³/mol. The highest BCUT2D eigenvalue weighted by Crippen LogP contribution is 2.26. The molecule has 0 saturated heterocycles. The highest BCUT2D eigenvalue weighted by Gasteiger charge is 2.19. The van der Waals surface area contributed by atoms with Crippen molar-refractivity contribution in [1.29, 1.82) is 0 Å². The quantitative estimate of drug-likeness (QED) is 0.465. The number of nitrogens with zero attached hydrogens (tertiary/aromatic N) is 3. The van der Waals surface area contributed by atoms with E-state index in [1.807, 2.05) is 0 Å². The zero-order valence-corrected chi connectivity index (χ0v) is 16.2. The van der Waals surface area contributed by atoms with Crippen LogP contribution in [0, 0.1) is 11.8 Å². The van der Waals surface area contributed by atoms with Crippen LogP contribution in [0.1, 0.15) is 5.56 Å². The van der Waals surface area contributed by atoms with Gasteiger partial charge in [0.15, 0.2) is 0 Å². The molecule has 3 rings (SSSR count). The summed E-state index contributed by atoms with van der Waals surface area (Å²) in [5.41, 5.74) is 0.850. The Morgan fingerprint density at radius 3 is 2.63 bits per heavy atom. The van der Waals surface area contributed by atoms with Gasteiger partial charge in [-0.3, -0.25) is 14.5 Å². The Morgan fingerprint density at radius 2 is 1.90 bits per heavy atom. The lowest BCUT2D eigenvalue weighted by molar-refractivity contribution is -0.115. The minimum atomic E-state index is -0.772. The van der Waals surface area contributed by atoms with E-state index in [1.54, 1.807) is 6.07 Å². The minimum absolute atomic E-state index is 0.120. The summed E-state index contributed by atoms with van der Waals surface area (Å²) >= 11 is 5.88. The second-order valence-corrected chi connectivity index (χ2v) is 6.43. The number of nitrogens with one attached hydrogen (secondary N) is 1. The van der Waals surface area contributed by atoms with E-state index in [-0.39, 0.29) is 22.9 Å². The summed E-state index contributed by atoms with van der Waals surface area (Å²) in [7, 11) is 0. The molecule has 0 aliphatic heterocycles. The second-order valence-electron chi connectivity index (χ2n) is 6.06. The number of anilines is 3. The molecule has 2 amide bonds. The first-order valence-corrected chi connectivity index (χ1v) is 9.03. The van der Waals surface area contributed by atoms with E-state index in [4.69, 9.17) is 11.6 Å². The average Bonchev–Trinajstić information content (AvgIpc) is 2.72. The van der Waals surface area contributed by atoms with Crippen molar-refractivity contribution in [2.24, 2.45) is 0 Å². The van der Waals surface area contributed by atoms with Gasteiger partial charge in [0, 0.05) is 30.2 Å². The van der Waals surface area contributed by atoms with Gasteiger partial charge in [-0.2, -0.15) is 4.39 Å². The Morgan fingerprint density at radius 1 is 1.13 bits per heavy atom. The Bertz CT molecular complexity index is 1120. The number of aromatic nitrogens is 2. The summed E-state index contributed by atoms with van der Waals surface area (Å²) in [6.45, 7) is 3.45. The van der Waals surface area contributed by atoms with Crippen LogP contribution in [0.4, 0.5) is 26.0 Å². The standard InChI is InChI=1S/C21H15ClF2N4O2/c1-2-20(30)28(15-7-9-25-17(24)12-15)18-11-14(6-8-26-18)27-19(29)10-13-4-3-5-16(23)21(13)22/h2-9,11-12H,1,10H2,(H,26,27,29). The third-order valence-electron chi connectivity index (χ3n) is 4.00. The topological polar surface area (TPSA) is 75.2 Å². The molecule has 0 aliphatic carbocycles. The van der Waals surface area contributed by atoms with E-state index < -0.39 is 23.6 Å². The Kier molecular flexibility index (Phi) is 6.48. The van der Waals surface area contributed by atoms with Crippen molar-refractivity contribution in [3.8, 4) is 0 Å². The number of amides is 2. The Hall–Kier alpha value is -3.65. The van der Waals surface area contributed by atoms with Crippen LogP contribution in [0.15, 0.2) is 67.5 Å². The second kappa shape index (κ2) is 9.23. The molecular weight excluding hydrogens is 414 g/mol. The van der Waals surface area contributed by atoms with Gasteiger partial charge in [-0.1, -0.05) is 30.3 Å². The van der Waals surface area contributed by atoms with Crippen molar-refractivity contribution in [3.05, 3.63) is 89.9 Å². The molecule has 152 valence electrons. The van der Waals surface area contributed by atoms with E-state index in [0.29, 0.717) is 11.3 Å². The predicted octanol–water partition coefficient (Wildman–Crippen LogP) is 4.44. The van der Waals surface area contributed by atoms with Crippen LogP contribution in [-0.2, 0) is 16.0 Å². The normalized spacial score (nSPS) is 10.4. The SMILES string of the molecule is C=CC(=O)N(c1ccnc(F)c1)c1cc(NC(=O)Cc2cccc(F)c2Cl)ccn1. The number of benzene rings is 1. The summed E-state index contributed by atoms with van der Waals surface area (Å²) in [6.07, 6.45) is 3.49. The van der Waals surface area contributed by atoms with Gasteiger partial charge < -0.3 is 5.32 Å². The summed E-state index contributed by atoms with van der Waals surface area (Å²) < 4.78 is 27.1. The molecule has 0 unspecified atom stereocenters. The number of carbonyl (C=O) groups excluding carboxylic acids is 2. The monoisotopic (exact) mass is 428 g/mol. The fourth-order valence-corrected chi connectivity index (χ4v) is 2.87. The summed E-state index contributed by atoms with van der Waals surface area (Å²) in [4.78, 5) is 33.4. The molecule has 0 spiro atoms. The molecule has 9 heteroatoms. The van der Waals surface area contributed by atoms with Crippen LogP contribution in [-0.4, -0.2) is 21.8 Å². The van der Waals surface area contributed by atoms with Crippen molar-refractivity contribution in [2.45, 2.75) is 6.42 Å². The smallest absolute Gasteiger partial charge is 0.256 e. The summed E-state index contributed by atoms with van der Waals surface area (Å²) in [5, 5.41) is 2.52. The van der Waals surface area contributed by atoms with Crippen molar-refractivity contribution < 1.29 is 18.4 Å². The third-order valence-corrected chi connectivity index (χ3v) is 4.43. The lowest BCUT2D eigenvalue weighted by Crippen LogP contribution is -2.25. The molecular formula is C21H15ClF2N4O2. The molecule has 2 heterocycles. The molecule has 0 radical (unpaired) electrons. The van der Waals surface area contributed by atoms with Crippen molar-refractivity contribution in [2.75, 3.05) is 10.2 Å². The molecule has 0 bridgehead atoms. The molecule has 2 aromatic heterocycles. The first kappa shape index (κ1) is 21.1. The van der Waals surface area contributed by atoms with Crippen LogP contribution < -0.4 is 10.2 Å². The van der Waals surface area contributed by atoms with Crippen LogP contribution in [0.5, 0.6) is 0 Å². The Labute approximate surface area is 175 Å². The lowest BCUT2D eigenvalue weighted by atomic mass is 10.1. The fourth-order valence-electron chi connectivity index (χ4n) is 2.68. The van der Waals surface area contributed by atoms with Crippen LogP contribution >= 0.6 is 11.6 Å². The van der Waals surface area contributed by atoms with E-state index in [1.165, 1.54) is 42.7 Å². The zero-order chi connectivity index (χ0) is 21.7. The third kappa shape index (κ3) is 4.84. The molecule has 1 aromatic carbocycles. The number of pyridine rings is 2. The van der Waals surface area contributed by atoms with Gasteiger partial charge in [0.25, 0.3) is 5.91 Å². The highest BCUT2D eigenvalue weighted by molar-refractivity contribution is 6.31. The number of carbonyl (C=O) groups is 2. The maximum absolute atomic E-state index is 13.5. The first-order valence-electron chi connectivity index (χ1n) is 8.66. The molecule has 0 aliphatic rings. The Balaban J connectivity index is 1.85. The van der Waals surface area contributed by atoms with Crippen LogP contribution in [0.2, 0.25) is 5.02 Å². The van der Waals surface area contributed by atoms with E-state index in [0.717, 1.165) is 17.0 Å². The molecule has 0 atom stereocenters.